The molecule has 0 saturated heterocycles. The van der Waals surface area contributed by atoms with Crippen molar-refractivity contribution >= 4 is 32.5 Å². The maximum atomic E-state index is 11.9. The van der Waals surface area contributed by atoms with Crippen LogP contribution in [-0.4, -0.2) is 19.2 Å². The first-order valence-electron chi connectivity index (χ1n) is 10.8. The molecule has 0 fully saturated rings. The molecule has 0 aliphatic rings. The van der Waals surface area contributed by atoms with Gasteiger partial charge in [0.1, 0.15) is 0 Å². The Bertz CT molecular complexity index is 1350. The highest BCUT2D eigenvalue weighted by Crippen LogP contribution is 2.39. The Kier molecular flexibility index (Phi) is 6.24. The minimum Gasteiger partial charge on any atom is -0.350 e. The van der Waals surface area contributed by atoms with Crippen molar-refractivity contribution in [2.45, 2.75) is 41.7 Å². The fourth-order valence-electron chi connectivity index (χ4n) is 4.00. The van der Waals surface area contributed by atoms with Gasteiger partial charge in [0.15, 0.2) is 9.84 Å². The van der Waals surface area contributed by atoms with E-state index in [9.17, 15) is 8.42 Å². The van der Waals surface area contributed by atoms with Crippen LogP contribution in [0.1, 0.15) is 43.1 Å². The monoisotopic (exact) mass is 463 g/mol. The molecule has 0 saturated carbocycles. The third-order valence-electron chi connectivity index (χ3n) is 5.94. The molecule has 3 nitrogen and oxygen atoms in total. The molecule has 32 heavy (non-hydrogen) atoms. The zero-order valence-electron chi connectivity index (χ0n) is 19.2. The van der Waals surface area contributed by atoms with E-state index < -0.39 is 9.84 Å². The summed E-state index contributed by atoms with van der Waals surface area (Å²) in [6.07, 6.45) is 3.36. The molecular weight excluding hydrogens is 434 g/mol. The minimum atomic E-state index is -3.22. The van der Waals surface area contributed by atoms with Gasteiger partial charge in [0.25, 0.3) is 0 Å². The van der Waals surface area contributed by atoms with Crippen LogP contribution >= 0.6 is 11.8 Å². The second kappa shape index (κ2) is 8.80. The molecule has 0 aliphatic heterocycles. The number of fused-ring (bicyclic) bond motifs is 1. The first kappa shape index (κ1) is 22.7. The molecule has 0 N–H and O–H groups in total. The smallest absolute Gasteiger partial charge is 0.175 e. The molecule has 0 bridgehead atoms. The van der Waals surface area contributed by atoms with E-state index >= 15 is 0 Å². The highest BCUT2D eigenvalue weighted by molar-refractivity contribution is 7.99. The number of sulfone groups is 1. The van der Waals surface area contributed by atoms with Crippen molar-refractivity contribution in [2.75, 3.05) is 6.26 Å². The van der Waals surface area contributed by atoms with Gasteiger partial charge in [0, 0.05) is 40.5 Å². The zero-order valence-corrected chi connectivity index (χ0v) is 20.8. The molecule has 0 amide bonds. The van der Waals surface area contributed by atoms with E-state index in [4.69, 9.17) is 0 Å². The first-order valence-corrected chi connectivity index (χ1v) is 13.6. The van der Waals surface area contributed by atoms with Crippen LogP contribution in [0.25, 0.3) is 22.0 Å². The molecular formula is C27H29NO2S2. The van der Waals surface area contributed by atoms with Crippen LogP contribution in [0.3, 0.4) is 0 Å². The summed E-state index contributed by atoms with van der Waals surface area (Å²) in [5.41, 5.74) is 5.95. The summed E-state index contributed by atoms with van der Waals surface area (Å²) in [5, 5.41) is 1.33. The molecule has 1 aromatic heterocycles. The molecule has 0 aliphatic carbocycles. The van der Waals surface area contributed by atoms with Crippen molar-refractivity contribution in [3.8, 4) is 11.1 Å². The highest BCUT2D eigenvalue weighted by Gasteiger charge is 2.17. The van der Waals surface area contributed by atoms with E-state index in [-0.39, 0.29) is 5.25 Å². The Morgan fingerprint density at radius 2 is 1.44 bits per heavy atom. The topological polar surface area (TPSA) is 39.1 Å². The zero-order chi connectivity index (χ0) is 23.0. The van der Waals surface area contributed by atoms with E-state index in [0.29, 0.717) is 10.8 Å². The Morgan fingerprint density at radius 3 is 2.00 bits per heavy atom. The third kappa shape index (κ3) is 4.64. The normalized spacial score (nSPS) is 13.1. The number of benzene rings is 3. The summed E-state index contributed by atoms with van der Waals surface area (Å²) in [6, 6.07) is 22.9. The van der Waals surface area contributed by atoms with Gasteiger partial charge in [0.05, 0.1) is 4.90 Å². The second-order valence-corrected chi connectivity index (χ2v) is 12.1. The van der Waals surface area contributed by atoms with E-state index in [0.717, 1.165) is 10.9 Å². The lowest BCUT2D eigenvalue weighted by Gasteiger charge is -2.12. The van der Waals surface area contributed by atoms with E-state index in [2.05, 4.69) is 75.5 Å². The molecule has 1 atom stereocenters. The number of hydrogen-bond acceptors (Lipinski definition) is 3. The van der Waals surface area contributed by atoms with Crippen LogP contribution in [0.5, 0.6) is 0 Å². The Hall–Kier alpha value is -2.50. The molecule has 0 radical (unpaired) electrons. The summed E-state index contributed by atoms with van der Waals surface area (Å²) in [5.74, 6) is 0.538. The Morgan fingerprint density at radius 1 is 0.844 bits per heavy atom. The molecule has 1 heterocycles. The number of aryl methyl sites for hydroxylation is 1. The summed E-state index contributed by atoms with van der Waals surface area (Å²) in [7, 11) is -1.26. The van der Waals surface area contributed by atoms with Crippen molar-refractivity contribution < 1.29 is 8.42 Å². The van der Waals surface area contributed by atoms with Crippen LogP contribution in [0.4, 0.5) is 0 Å². The van der Waals surface area contributed by atoms with Crippen molar-refractivity contribution in [3.05, 3.63) is 84.1 Å². The number of hydrogen-bond donors (Lipinski definition) is 0. The Balaban J connectivity index is 1.55. The maximum absolute atomic E-state index is 11.9. The number of rotatable bonds is 6. The van der Waals surface area contributed by atoms with Gasteiger partial charge < -0.3 is 4.57 Å². The first-order chi connectivity index (χ1) is 15.1. The van der Waals surface area contributed by atoms with Crippen LogP contribution in [0.2, 0.25) is 0 Å². The number of aromatic nitrogens is 1. The summed E-state index contributed by atoms with van der Waals surface area (Å²) in [6.45, 7) is 6.62. The lowest BCUT2D eigenvalue weighted by Crippen LogP contribution is -1.97. The molecule has 4 rings (SSSR count). The van der Waals surface area contributed by atoms with Crippen LogP contribution < -0.4 is 0 Å². The largest absolute Gasteiger partial charge is 0.350 e. The van der Waals surface area contributed by atoms with Gasteiger partial charge in [0.2, 0.25) is 0 Å². The van der Waals surface area contributed by atoms with Crippen LogP contribution in [0.15, 0.2) is 82.7 Å². The quantitative estimate of drug-likeness (QED) is 0.283. The second-order valence-electron chi connectivity index (χ2n) is 8.71. The van der Waals surface area contributed by atoms with E-state index in [1.54, 1.807) is 12.1 Å². The summed E-state index contributed by atoms with van der Waals surface area (Å²) >= 11 is 1.81. The van der Waals surface area contributed by atoms with Crippen molar-refractivity contribution in [1.82, 2.24) is 4.57 Å². The summed E-state index contributed by atoms with van der Waals surface area (Å²) < 4.78 is 25.9. The van der Waals surface area contributed by atoms with E-state index in [1.165, 1.54) is 33.4 Å². The minimum absolute atomic E-state index is 0.235. The van der Waals surface area contributed by atoms with Gasteiger partial charge in [-0.3, -0.25) is 0 Å². The third-order valence-corrected chi connectivity index (χ3v) is 8.20. The van der Waals surface area contributed by atoms with Gasteiger partial charge in [-0.15, -0.1) is 11.8 Å². The average molecular weight is 464 g/mol. The van der Waals surface area contributed by atoms with E-state index in [1.807, 2.05) is 29.4 Å². The number of thioether (sulfide) groups is 1. The van der Waals surface area contributed by atoms with Crippen molar-refractivity contribution in [1.29, 1.82) is 0 Å². The van der Waals surface area contributed by atoms with Gasteiger partial charge in [-0.2, -0.15) is 0 Å². The fraction of sp³-hybridized carbons (Fsp3) is 0.259. The predicted molar refractivity (Wildman–Crippen MR) is 136 cm³/mol. The summed E-state index contributed by atoms with van der Waals surface area (Å²) in [4.78, 5) is 1.57. The van der Waals surface area contributed by atoms with Crippen LogP contribution in [0, 0.1) is 0 Å². The lowest BCUT2D eigenvalue weighted by atomic mass is 9.99. The molecule has 166 valence electrons. The highest BCUT2D eigenvalue weighted by atomic mass is 32.2. The molecule has 4 aromatic rings. The molecule has 1 unspecified atom stereocenters. The predicted octanol–water partition coefficient (Wildman–Crippen LogP) is 7.23. The maximum Gasteiger partial charge on any atom is 0.175 e. The Labute approximate surface area is 195 Å². The van der Waals surface area contributed by atoms with Gasteiger partial charge in [-0.1, -0.05) is 56.3 Å². The molecule has 0 spiro atoms. The fourth-order valence-corrected chi connectivity index (χ4v) is 5.66. The molecule has 3 aromatic carbocycles. The SMILES string of the molecule is CC(C)c1ccc(-c2ccc(SC(C)c3cn(C)c4cc(S(C)(=O)=O)ccc34)cc2)cc1. The van der Waals surface area contributed by atoms with Gasteiger partial charge in [-0.05, 0) is 59.4 Å². The molecule has 5 heteroatoms. The number of nitrogens with zero attached hydrogens (tertiary/aromatic N) is 1. The van der Waals surface area contributed by atoms with Gasteiger partial charge >= 0.3 is 0 Å². The van der Waals surface area contributed by atoms with Crippen molar-refractivity contribution in [3.63, 3.8) is 0 Å². The lowest BCUT2D eigenvalue weighted by molar-refractivity contribution is 0.602. The van der Waals surface area contributed by atoms with Crippen molar-refractivity contribution in [2.24, 2.45) is 7.05 Å². The average Bonchev–Trinajstić information content (AvgIpc) is 3.10. The van der Waals surface area contributed by atoms with Gasteiger partial charge in [-0.25, -0.2) is 8.42 Å². The standard InChI is InChI=1S/C27H29NO2S2/c1-18(2)20-6-8-21(9-7-20)22-10-12-23(13-11-22)31-19(3)26-17-28(4)27-16-24(32(5,29)30)14-15-25(26)27/h6-19H,1-5H3. The van der Waals surface area contributed by atoms with Crippen LogP contribution in [-0.2, 0) is 16.9 Å².